The number of amides is 1. The highest BCUT2D eigenvalue weighted by Gasteiger charge is 2.28. The summed E-state index contributed by atoms with van der Waals surface area (Å²) in [4.78, 5) is 12.6. The van der Waals surface area contributed by atoms with E-state index in [0.717, 1.165) is 23.4 Å². The molecule has 5 nitrogen and oxygen atoms in total. The highest BCUT2D eigenvalue weighted by Crippen LogP contribution is 2.32. The molecular weight excluding hydrogens is 346 g/mol. The van der Waals surface area contributed by atoms with E-state index in [-0.39, 0.29) is 5.91 Å². The molecule has 2 aliphatic rings. The summed E-state index contributed by atoms with van der Waals surface area (Å²) in [6, 6.07) is 8.07. The highest BCUT2D eigenvalue weighted by molar-refractivity contribution is 7.83. The Hall–Kier alpha value is -1.95. The fourth-order valence-corrected chi connectivity index (χ4v) is 5.22. The zero-order chi connectivity index (χ0) is 18.1. The molecule has 1 fully saturated rings. The average Bonchev–Trinajstić information content (AvgIpc) is 3.32. The molecule has 2 heterocycles. The Balaban J connectivity index is 1.56. The van der Waals surface area contributed by atoms with Crippen LogP contribution in [0.3, 0.4) is 0 Å². The van der Waals surface area contributed by atoms with Crippen LogP contribution in [0.1, 0.15) is 55.3 Å². The highest BCUT2D eigenvalue weighted by atomic mass is 32.2. The third kappa shape index (κ3) is 3.61. The maximum atomic E-state index is 12.6. The smallest absolute Gasteiger partial charge is 0.225 e. The van der Waals surface area contributed by atoms with Gasteiger partial charge in [0.15, 0.2) is 0 Å². The van der Waals surface area contributed by atoms with Crippen LogP contribution in [-0.4, -0.2) is 19.9 Å². The van der Waals surface area contributed by atoms with Gasteiger partial charge in [0.05, 0.1) is 22.9 Å². The van der Waals surface area contributed by atoms with E-state index in [9.17, 15) is 9.00 Å². The van der Waals surface area contributed by atoms with Crippen LogP contribution in [0.5, 0.6) is 0 Å². The molecule has 2 aromatic rings. The van der Waals surface area contributed by atoms with Crippen molar-refractivity contribution >= 4 is 22.5 Å². The first-order valence-corrected chi connectivity index (χ1v) is 10.9. The van der Waals surface area contributed by atoms with Gasteiger partial charge in [-0.25, -0.2) is 4.68 Å². The predicted molar refractivity (Wildman–Crippen MR) is 104 cm³/mol. The molecule has 1 aromatic heterocycles. The molecule has 26 heavy (non-hydrogen) atoms. The van der Waals surface area contributed by atoms with Gasteiger partial charge in [-0.2, -0.15) is 5.10 Å². The number of aromatic nitrogens is 2. The molecule has 6 heteroatoms. The maximum Gasteiger partial charge on any atom is 0.225 e. The van der Waals surface area contributed by atoms with Crippen LogP contribution in [0.4, 0.5) is 5.82 Å². The topological polar surface area (TPSA) is 64.0 Å². The minimum Gasteiger partial charge on any atom is -0.310 e. The summed E-state index contributed by atoms with van der Waals surface area (Å²) in [5.74, 6) is 2.37. The molecule has 0 saturated heterocycles. The number of nitrogens with one attached hydrogen (secondary N) is 1. The first-order chi connectivity index (χ1) is 12.6. The van der Waals surface area contributed by atoms with Crippen molar-refractivity contribution in [2.45, 2.75) is 57.0 Å². The summed E-state index contributed by atoms with van der Waals surface area (Å²) >= 11 is 0. The molecule has 0 bridgehead atoms. The van der Waals surface area contributed by atoms with Gasteiger partial charge in [0.1, 0.15) is 5.82 Å². The average molecular weight is 372 g/mol. The Labute approximate surface area is 156 Å². The number of carbonyl (C=O) groups excluding carboxylic acids is 1. The lowest BCUT2D eigenvalue weighted by Gasteiger charge is -2.12. The fourth-order valence-electron chi connectivity index (χ4n) is 3.96. The maximum absolute atomic E-state index is 12.6. The second-order valence-electron chi connectivity index (χ2n) is 7.49. The van der Waals surface area contributed by atoms with Gasteiger partial charge in [-0.1, -0.05) is 43.4 Å². The van der Waals surface area contributed by atoms with E-state index in [4.69, 9.17) is 0 Å². The zero-order valence-corrected chi connectivity index (χ0v) is 16.0. The fraction of sp³-hybridized carbons (Fsp3) is 0.500. The molecule has 0 spiro atoms. The monoisotopic (exact) mass is 371 g/mol. The number of aryl methyl sites for hydroxylation is 1. The number of rotatable bonds is 5. The normalized spacial score (nSPS) is 19.7. The van der Waals surface area contributed by atoms with Crippen molar-refractivity contribution in [2.75, 3.05) is 5.32 Å². The van der Waals surface area contributed by atoms with Crippen LogP contribution >= 0.6 is 0 Å². The Morgan fingerprint density at radius 2 is 1.96 bits per heavy atom. The van der Waals surface area contributed by atoms with Gasteiger partial charge >= 0.3 is 0 Å². The van der Waals surface area contributed by atoms with Gasteiger partial charge in [-0.05, 0) is 31.4 Å². The van der Waals surface area contributed by atoms with Gasteiger partial charge in [0.2, 0.25) is 5.91 Å². The summed E-state index contributed by atoms with van der Waals surface area (Å²) in [5.41, 5.74) is 3.87. The molecule has 1 N–H and O–H groups in total. The molecule has 0 unspecified atom stereocenters. The third-order valence-electron chi connectivity index (χ3n) is 5.46. The number of hydrogen-bond acceptors (Lipinski definition) is 3. The summed E-state index contributed by atoms with van der Waals surface area (Å²) in [6.45, 7) is 2.04. The van der Waals surface area contributed by atoms with E-state index >= 15 is 0 Å². The molecule has 138 valence electrons. The Kier molecular flexibility index (Phi) is 4.94. The SMILES string of the molecule is Cc1ccc(-n2nc3c(c2NC(=O)CCC2CCCC2)C[S@](=O)C3)cc1. The summed E-state index contributed by atoms with van der Waals surface area (Å²) in [6.07, 6.45) is 6.60. The quantitative estimate of drug-likeness (QED) is 0.868. The van der Waals surface area contributed by atoms with Crippen molar-refractivity contribution in [3.8, 4) is 5.69 Å². The number of fused-ring (bicyclic) bond motifs is 1. The van der Waals surface area contributed by atoms with Gasteiger partial charge in [-0.3, -0.25) is 9.00 Å². The molecule has 1 aliphatic carbocycles. The summed E-state index contributed by atoms with van der Waals surface area (Å²) < 4.78 is 13.7. The van der Waals surface area contributed by atoms with E-state index in [1.165, 1.54) is 31.2 Å². The van der Waals surface area contributed by atoms with E-state index in [2.05, 4.69) is 10.4 Å². The summed E-state index contributed by atoms with van der Waals surface area (Å²) in [5, 5.41) is 7.72. The van der Waals surface area contributed by atoms with E-state index in [0.29, 0.717) is 29.7 Å². The lowest BCUT2D eigenvalue weighted by molar-refractivity contribution is -0.116. The number of benzene rings is 1. The number of hydrogen-bond donors (Lipinski definition) is 1. The second kappa shape index (κ2) is 7.35. The van der Waals surface area contributed by atoms with Crippen molar-refractivity contribution < 1.29 is 9.00 Å². The Morgan fingerprint density at radius 1 is 1.23 bits per heavy atom. The van der Waals surface area contributed by atoms with Crippen molar-refractivity contribution in [3.05, 3.63) is 41.1 Å². The molecule has 0 radical (unpaired) electrons. The lowest BCUT2D eigenvalue weighted by atomic mass is 10.0. The lowest BCUT2D eigenvalue weighted by Crippen LogP contribution is -2.17. The Bertz CT molecular complexity index is 835. The van der Waals surface area contributed by atoms with Crippen LogP contribution in [0.15, 0.2) is 24.3 Å². The van der Waals surface area contributed by atoms with E-state index in [1.807, 2.05) is 31.2 Å². The van der Waals surface area contributed by atoms with Crippen molar-refractivity contribution in [2.24, 2.45) is 5.92 Å². The number of carbonyl (C=O) groups is 1. The minimum absolute atomic E-state index is 0.0330. The zero-order valence-electron chi connectivity index (χ0n) is 15.2. The van der Waals surface area contributed by atoms with E-state index in [1.54, 1.807) is 4.68 Å². The van der Waals surface area contributed by atoms with Crippen LogP contribution in [0.2, 0.25) is 0 Å². The number of nitrogens with zero attached hydrogens (tertiary/aromatic N) is 2. The second-order valence-corrected chi connectivity index (χ2v) is 8.94. The molecule has 1 atom stereocenters. The Morgan fingerprint density at radius 3 is 2.69 bits per heavy atom. The van der Waals surface area contributed by atoms with E-state index < -0.39 is 10.8 Å². The molecular formula is C20H25N3O2S. The molecule has 1 aromatic carbocycles. The van der Waals surface area contributed by atoms with Gasteiger partial charge in [0, 0.05) is 22.8 Å². The van der Waals surface area contributed by atoms with Gasteiger partial charge in [0.25, 0.3) is 0 Å². The van der Waals surface area contributed by atoms with Crippen LogP contribution < -0.4 is 5.32 Å². The molecule has 1 aliphatic heterocycles. The van der Waals surface area contributed by atoms with Crippen molar-refractivity contribution in [1.29, 1.82) is 0 Å². The minimum atomic E-state index is -0.914. The van der Waals surface area contributed by atoms with Crippen LogP contribution in [0.25, 0.3) is 5.69 Å². The van der Waals surface area contributed by atoms with Crippen LogP contribution in [0, 0.1) is 12.8 Å². The first kappa shape index (κ1) is 17.5. The van der Waals surface area contributed by atoms with Gasteiger partial charge < -0.3 is 5.32 Å². The molecule has 1 saturated carbocycles. The predicted octanol–water partition coefficient (Wildman–Crippen LogP) is 3.85. The van der Waals surface area contributed by atoms with Crippen LogP contribution in [-0.2, 0) is 27.1 Å². The van der Waals surface area contributed by atoms with Crippen molar-refractivity contribution in [1.82, 2.24) is 9.78 Å². The largest absolute Gasteiger partial charge is 0.310 e. The summed E-state index contributed by atoms with van der Waals surface area (Å²) in [7, 11) is -0.914. The first-order valence-electron chi connectivity index (χ1n) is 9.43. The van der Waals surface area contributed by atoms with Gasteiger partial charge in [-0.15, -0.1) is 0 Å². The van der Waals surface area contributed by atoms with Crippen molar-refractivity contribution in [3.63, 3.8) is 0 Å². The third-order valence-corrected chi connectivity index (χ3v) is 6.67. The molecule has 1 amide bonds. The molecule has 4 rings (SSSR count). The number of anilines is 1. The standard InChI is InChI=1S/C20H25N3O2S/c1-14-6-9-16(10-7-14)23-20(17-12-26(25)13-18(17)22-23)21-19(24)11-8-15-4-2-3-5-15/h6-7,9-10,15H,2-5,8,11-13H2,1H3,(H,21,24)/t26-/m0/s1.